The van der Waals surface area contributed by atoms with Crippen LogP contribution in [-0.4, -0.2) is 44.2 Å². The van der Waals surface area contributed by atoms with E-state index in [1.807, 2.05) is 6.92 Å². The van der Waals surface area contributed by atoms with Crippen LogP contribution in [0.15, 0.2) is 0 Å². The summed E-state index contributed by atoms with van der Waals surface area (Å²) in [6, 6.07) is 0.724. The van der Waals surface area contributed by atoms with E-state index in [4.69, 9.17) is 0 Å². The highest BCUT2D eigenvalue weighted by Gasteiger charge is 2.26. The maximum atomic E-state index is 12.3. The van der Waals surface area contributed by atoms with Gasteiger partial charge in [-0.1, -0.05) is 13.3 Å². The van der Waals surface area contributed by atoms with E-state index in [9.17, 15) is 8.42 Å². The molecular weight excluding hydrogens is 260 g/mol. The fourth-order valence-electron chi connectivity index (χ4n) is 2.53. The summed E-state index contributed by atoms with van der Waals surface area (Å²) in [6.45, 7) is 4.29. The van der Waals surface area contributed by atoms with Crippen LogP contribution in [0.2, 0.25) is 0 Å². The number of unbranched alkanes of at least 4 members (excludes halogenated alkanes) is 1. The molecule has 0 spiro atoms. The minimum atomic E-state index is -3.02. The minimum absolute atomic E-state index is 0.319. The summed E-state index contributed by atoms with van der Waals surface area (Å²) in [4.78, 5) is 0. The molecule has 112 valence electrons. The largest absolute Gasteiger partial charge is 0.314 e. The summed E-state index contributed by atoms with van der Waals surface area (Å²) in [7, 11) is -3.02. The zero-order valence-electron chi connectivity index (χ0n) is 12.1. The smallest absolute Gasteiger partial charge is 0.214 e. The zero-order chi connectivity index (χ0) is 13.7. The molecule has 0 amide bonds. The Balaban J connectivity index is 1.65. The van der Waals surface area contributed by atoms with Gasteiger partial charge >= 0.3 is 0 Å². The second-order valence-corrected chi connectivity index (χ2v) is 8.09. The Morgan fingerprint density at radius 1 is 1.16 bits per heavy atom. The van der Waals surface area contributed by atoms with Crippen LogP contribution in [0, 0.1) is 5.92 Å². The van der Waals surface area contributed by atoms with Crippen LogP contribution >= 0.6 is 0 Å². The maximum Gasteiger partial charge on any atom is 0.214 e. The lowest BCUT2D eigenvalue weighted by Crippen LogP contribution is -2.38. The van der Waals surface area contributed by atoms with E-state index in [-0.39, 0.29) is 0 Å². The van der Waals surface area contributed by atoms with E-state index < -0.39 is 10.0 Å². The standard InChI is InChI=1S/C14H28N2O2S/c1-2-16(12-13-6-5-7-13)19(17,18)11-4-3-10-15-14-8-9-14/h13-15H,2-12H2,1H3. The molecule has 2 saturated carbocycles. The Bertz CT molecular complexity index is 362. The predicted molar refractivity (Wildman–Crippen MR) is 78.6 cm³/mol. The van der Waals surface area contributed by atoms with Crippen molar-refractivity contribution in [2.45, 2.75) is 57.9 Å². The van der Waals surface area contributed by atoms with Crippen LogP contribution in [0.5, 0.6) is 0 Å². The summed E-state index contributed by atoms with van der Waals surface area (Å²) in [5.74, 6) is 0.936. The molecule has 2 fully saturated rings. The van der Waals surface area contributed by atoms with Crippen molar-refractivity contribution in [2.24, 2.45) is 5.92 Å². The lowest BCUT2D eigenvalue weighted by atomic mass is 9.85. The molecule has 2 aliphatic carbocycles. The van der Waals surface area contributed by atoms with Crippen molar-refractivity contribution in [1.82, 2.24) is 9.62 Å². The maximum absolute atomic E-state index is 12.3. The molecule has 0 aromatic rings. The molecule has 0 atom stereocenters. The molecule has 2 aliphatic rings. The molecule has 4 nitrogen and oxygen atoms in total. The molecule has 0 saturated heterocycles. The minimum Gasteiger partial charge on any atom is -0.314 e. The van der Waals surface area contributed by atoms with Crippen molar-refractivity contribution in [3.63, 3.8) is 0 Å². The molecule has 0 heterocycles. The first-order valence-electron chi connectivity index (χ1n) is 7.83. The first kappa shape index (κ1) is 15.3. The summed E-state index contributed by atoms with van der Waals surface area (Å²) < 4.78 is 26.2. The van der Waals surface area contributed by atoms with E-state index >= 15 is 0 Å². The molecule has 0 aliphatic heterocycles. The Morgan fingerprint density at radius 3 is 2.42 bits per heavy atom. The molecule has 0 radical (unpaired) electrons. The Labute approximate surface area is 118 Å². The van der Waals surface area contributed by atoms with Crippen LogP contribution in [0.25, 0.3) is 0 Å². The number of nitrogens with zero attached hydrogens (tertiary/aromatic N) is 1. The van der Waals surface area contributed by atoms with Crippen LogP contribution in [0.1, 0.15) is 51.9 Å². The van der Waals surface area contributed by atoms with E-state index in [1.54, 1.807) is 4.31 Å². The molecule has 5 heteroatoms. The molecule has 0 aromatic heterocycles. The van der Waals surface area contributed by atoms with E-state index in [0.717, 1.165) is 32.0 Å². The van der Waals surface area contributed by atoms with Gasteiger partial charge in [-0.05, 0) is 51.0 Å². The Hall–Kier alpha value is -0.130. The van der Waals surface area contributed by atoms with Gasteiger partial charge in [0.2, 0.25) is 10.0 Å². The summed E-state index contributed by atoms with van der Waals surface area (Å²) in [6.07, 6.45) is 8.02. The van der Waals surface area contributed by atoms with Gasteiger partial charge in [-0.3, -0.25) is 0 Å². The molecule has 2 rings (SSSR count). The lowest BCUT2D eigenvalue weighted by molar-refractivity contribution is 0.250. The van der Waals surface area contributed by atoms with Crippen LogP contribution in [0.3, 0.4) is 0 Å². The fourth-order valence-corrected chi connectivity index (χ4v) is 4.19. The average Bonchev–Trinajstić information content (AvgIpc) is 3.10. The molecule has 0 unspecified atom stereocenters. The van der Waals surface area contributed by atoms with Gasteiger partial charge in [-0.15, -0.1) is 0 Å². The quantitative estimate of drug-likeness (QED) is 0.625. The SMILES string of the molecule is CCN(CC1CCC1)S(=O)(=O)CCCCNC1CC1. The number of nitrogens with one attached hydrogen (secondary N) is 1. The van der Waals surface area contributed by atoms with Gasteiger partial charge in [-0.2, -0.15) is 0 Å². The second kappa shape index (κ2) is 7.04. The predicted octanol–water partition coefficient (Wildman–Crippen LogP) is 1.97. The number of sulfonamides is 1. The van der Waals surface area contributed by atoms with Gasteiger partial charge in [0.05, 0.1) is 5.75 Å². The van der Waals surface area contributed by atoms with Crippen molar-refractivity contribution >= 4 is 10.0 Å². The highest BCUT2D eigenvalue weighted by atomic mass is 32.2. The number of hydrogen-bond acceptors (Lipinski definition) is 3. The number of hydrogen-bond donors (Lipinski definition) is 1. The van der Waals surface area contributed by atoms with Gasteiger partial charge in [0.1, 0.15) is 0 Å². The van der Waals surface area contributed by atoms with Gasteiger partial charge in [-0.25, -0.2) is 12.7 Å². The highest BCUT2D eigenvalue weighted by molar-refractivity contribution is 7.89. The highest BCUT2D eigenvalue weighted by Crippen LogP contribution is 2.28. The van der Waals surface area contributed by atoms with Gasteiger partial charge in [0.15, 0.2) is 0 Å². The average molecular weight is 288 g/mol. The first-order chi connectivity index (χ1) is 9.12. The monoisotopic (exact) mass is 288 g/mol. The third-order valence-electron chi connectivity index (χ3n) is 4.27. The van der Waals surface area contributed by atoms with Crippen molar-refractivity contribution in [1.29, 1.82) is 0 Å². The van der Waals surface area contributed by atoms with Crippen molar-refractivity contribution in [3.8, 4) is 0 Å². The summed E-state index contributed by atoms with van der Waals surface area (Å²) >= 11 is 0. The number of rotatable bonds is 10. The Kier molecular flexibility index (Phi) is 5.66. The van der Waals surface area contributed by atoms with Gasteiger partial charge in [0, 0.05) is 19.1 Å². The van der Waals surface area contributed by atoms with Crippen molar-refractivity contribution in [2.75, 3.05) is 25.4 Å². The molecule has 0 aromatic carbocycles. The second-order valence-electron chi connectivity index (χ2n) is 6.00. The third kappa shape index (κ3) is 5.04. The summed E-state index contributed by atoms with van der Waals surface area (Å²) in [5.41, 5.74) is 0. The van der Waals surface area contributed by atoms with Crippen LogP contribution < -0.4 is 5.32 Å². The fraction of sp³-hybridized carbons (Fsp3) is 1.00. The molecule has 0 bridgehead atoms. The van der Waals surface area contributed by atoms with Gasteiger partial charge in [0.25, 0.3) is 0 Å². The van der Waals surface area contributed by atoms with Crippen molar-refractivity contribution in [3.05, 3.63) is 0 Å². The van der Waals surface area contributed by atoms with Gasteiger partial charge < -0.3 is 5.32 Å². The molecular formula is C14H28N2O2S. The Morgan fingerprint density at radius 2 is 1.89 bits per heavy atom. The van der Waals surface area contributed by atoms with Crippen LogP contribution in [0.4, 0.5) is 0 Å². The van der Waals surface area contributed by atoms with E-state index in [2.05, 4.69) is 5.32 Å². The topological polar surface area (TPSA) is 49.4 Å². The summed E-state index contributed by atoms with van der Waals surface area (Å²) in [5, 5.41) is 3.43. The van der Waals surface area contributed by atoms with E-state index in [1.165, 1.54) is 32.1 Å². The van der Waals surface area contributed by atoms with Crippen LogP contribution in [-0.2, 0) is 10.0 Å². The van der Waals surface area contributed by atoms with Crippen molar-refractivity contribution < 1.29 is 8.42 Å². The third-order valence-corrected chi connectivity index (χ3v) is 6.27. The van der Waals surface area contributed by atoms with E-state index in [0.29, 0.717) is 18.2 Å². The zero-order valence-corrected chi connectivity index (χ0v) is 12.9. The normalized spacial score (nSPS) is 20.7. The first-order valence-corrected chi connectivity index (χ1v) is 9.44. The lowest BCUT2D eigenvalue weighted by Gasteiger charge is -2.31. The molecule has 1 N–H and O–H groups in total. The molecule has 19 heavy (non-hydrogen) atoms.